The number of hydrogen-bond acceptors (Lipinski definition) is 0. The molecule has 0 aromatic heterocycles. The smallest absolute Gasteiger partial charge is 0.166 e. The van der Waals surface area contributed by atoms with Crippen LogP contribution >= 0.6 is 15.9 Å². The van der Waals surface area contributed by atoms with E-state index in [2.05, 4.69) is 15.9 Å². The van der Waals surface area contributed by atoms with Crippen molar-refractivity contribution in [2.75, 3.05) is 5.33 Å². The predicted octanol–water partition coefficient (Wildman–Crippen LogP) is 5.13. The standard InChI is InChI=1S/C11H7BrF6/c12-6-2-3-7-8(10(13,14)15)4-1-5-9(7)11(16,17)18/h1-5H,6H2. The summed E-state index contributed by atoms with van der Waals surface area (Å²) in [5, 5.41) is 0.163. The lowest BCUT2D eigenvalue weighted by atomic mass is 9.99. The Hall–Kier alpha value is -0.980. The molecule has 0 unspecified atom stereocenters. The van der Waals surface area contributed by atoms with Crippen LogP contribution in [0.25, 0.3) is 6.08 Å². The fourth-order valence-corrected chi connectivity index (χ4v) is 1.59. The van der Waals surface area contributed by atoms with Crippen molar-refractivity contribution in [1.29, 1.82) is 0 Å². The highest BCUT2D eigenvalue weighted by Crippen LogP contribution is 2.39. The molecule has 0 spiro atoms. The molecule has 1 aromatic carbocycles. The molecule has 0 N–H and O–H groups in total. The molecule has 0 aliphatic rings. The first kappa shape index (κ1) is 15.1. The van der Waals surface area contributed by atoms with Crippen molar-refractivity contribution in [1.82, 2.24) is 0 Å². The van der Waals surface area contributed by atoms with Gasteiger partial charge in [0.1, 0.15) is 0 Å². The molecular weight excluding hydrogens is 326 g/mol. The van der Waals surface area contributed by atoms with Gasteiger partial charge in [-0.3, -0.25) is 0 Å². The van der Waals surface area contributed by atoms with Crippen LogP contribution < -0.4 is 0 Å². The van der Waals surface area contributed by atoms with E-state index in [0.717, 1.165) is 12.1 Å². The molecule has 0 fully saturated rings. The van der Waals surface area contributed by atoms with E-state index in [-0.39, 0.29) is 5.33 Å². The summed E-state index contributed by atoms with van der Waals surface area (Å²) in [5.41, 5.74) is -3.46. The maximum absolute atomic E-state index is 12.6. The summed E-state index contributed by atoms with van der Waals surface area (Å²) in [6.07, 6.45) is -7.65. The lowest BCUT2D eigenvalue weighted by Gasteiger charge is -2.16. The minimum Gasteiger partial charge on any atom is -0.166 e. The Morgan fingerprint density at radius 2 is 1.39 bits per heavy atom. The second-order valence-electron chi connectivity index (χ2n) is 3.32. The molecule has 0 amide bonds. The monoisotopic (exact) mass is 332 g/mol. The number of rotatable bonds is 2. The van der Waals surface area contributed by atoms with Crippen molar-refractivity contribution in [2.45, 2.75) is 12.4 Å². The third-order valence-electron chi connectivity index (χ3n) is 2.09. The Labute approximate surface area is 107 Å². The van der Waals surface area contributed by atoms with Gasteiger partial charge in [-0.25, -0.2) is 0 Å². The van der Waals surface area contributed by atoms with Crippen molar-refractivity contribution in [3.05, 3.63) is 41.0 Å². The summed E-state index contributed by atoms with van der Waals surface area (Å²) in [5.74, 6) is 0. The highest BCUT2D eigenvalue weighted by atomic mass is 79.9. The van der Waals surface area contributed by atoms with E-state index in [9.17, 15) is 26.3 Å². The molecule has 18 heavy (non-hydrogen) atoms. The summed E-state index contributed by atoms with van der Waals surface area (Å²) >= 11 is 2.91. The molecule has 0 aliphatic carbocycles. The molecule has 1 aromatic rings. The van der Waals surface area contributed by atoms with Crippen LogP contribution in [-0.4, -0.2) is 5.33 Å². The molecule has 0 atom stereocenters. The zero-order valence-corrected chi connectivity index (χ0v) is 10.3. The molecular formula is C11H7BrF6. The zero-order chi connectivity index (χ0) is 14.0. The Balaban J connectivity index is 3.50. The fourth-order valence-electron chi connectivity index (χ4n) is 1.40. The van der Waals surface area contributed by atoms with Gasteiger partial charge in [0.15, 0.2) is 0 Å². The van der Waals surface area contributed by atoms with Crippen LogP contribution in [0.3, 0.4) is 0 Å². The second-order valence-corrected chi connectivity index (χ2v) is 3.97. The van der Waals surface area contributed by atoms with Crippen molar-refractivity contribution in [2.24, 2.45) is 0 Å². The lowest BCUT2D eigenvalue weighted by molar-refractivity contribution is -0.143. The Morgan fingerprint density at radius 3 is 1.72 bits per heavy atom. The van der Waals surface area contributed by atoms with Crippen molar-refractivity contribution in [3.63, 3.8) is 0 Å². The number of alkyl halides is 7. The van der Waals surface area contributed by atoms with Gasteiger partial charge in [-0.05, 0) is 17.7 Å². The Kier molecular flexibility index (Phi) is 4.47. The molecule has 100 valence electrons. The third-order valence-corrected chi connectivity index (χ3v) is 2.46. The van der Waals surface area contributed by atoms with Crippen LogP contribution in [0.5, 0.6) is 0 Å². The first-order chi connectivity index (χ1) is 8.18. The van der Waals surface area contributed by atoms with Gasteiger partial charge in [0.25, 0.3) is 0 Å². The number of hydrogen-bond donors (Lipinski definition) is 0. The van der Waals surface area contributed by atoms with Crippen molar-refractivity contribution < 1.29 is 26.3 Å². The highest BCUT2D eigenvalue weighted by Gasteiger charge is 2.39. The number of allylic oxidation sites excluding steroid dienone is 1. The van der Waals surface area contributed by atoms with E-state index in [1.54, 1.807) is 0 Å². The minimum absolute atomic E-state index is 0.163. The summed E-state index contributed by atoms with van der Waals surface area (Å²) in [7, 11) is 0. The van der Waals surface area contributed by atoms with Gasteiger partial charge in [-0.15, -0.1) is 0 Å². The van der Waals surface area contributed by atoms with E-state index in [0.29, 0.717) is 12.1 Å². The Morgan fingerprint density at radius 1 is 0.944 bits per heavy atom. The predicted molar refractivity (Wildman–Crippen MR) is 59.3 cm³/mol. The largest absolute Gasteiger partial charge is 0.417 e. The number of halogens is 7. The van der Waals surface area contributed by atoms with Gasteiger partial charge in [0.05, 0.1) is 11.1 Å². The molecule has 0 saturated heterocycles. The van der Waals surface area contributed by atoms with Crippen LogP contribution in [0.1, 0.15) is 16.7 Å². The van der Waals surface area contributed by atoms with Gasteiger partial charge in [0.2, 0.25) is 0 Å². The van der Waals surface area contributed by atoms with Crippen LogP contribution in [-0.2, 0) is 12.4 Å². The van der Waals surface area contributed by atoms with Gasteiger partial charge in [-0.1, -0.05) is 34.1 Å². The molecule has 0 heterocycles. The number of benzene rings is 1. The van der Waals surface area contributed by atoms with E-state index in [1.165, 1.54) is 6.08 Å². The summed E-state index contributed by atoms with van der Waals surface area (Å²) in [6.45, 7) is 0. The molecule has 1 rings (SSSR count). The van der Waals surface area contributed by atoms with Gasteiger partial charge >= 0.3 is 12.4 Å². The fraction of sp³-hybridized carbons (Fsp3) is 0.273. The molecule has 0 saturated carbocycles. The first-order valence-electron chi connectivity index (χ1n) is 4.68. The molecule has 0 nitrogen and oxygen atoms in total. The topological polar surface area (TPSA) is 0 Å². The molecule has 0 bridgehead atoms. The van der Waals surface area contributed by atoms with Crippen LogP contribution in [0.15, 0.2) is 24.3 Å². The van der Waals surface area contributed by atoms with Gasteiger partial charge in [0, 0.05) is 5.33 Å². The van der Waals surface area contributed by atoms with Crippen molar-refractivity contribution >= 4 is 22.0 Å². The van der Waals surface area contributed by atoms with E-state index in [1.807, 2.05) is 0 Å². The van der Waals surface area contributed by atoms with Crippen LogP contribution in [0.2, 0.25) is 0 Å². The van der Waals surface area contributed by atoms with Crippen LogP contribution in [0, 0.1) is 0 Å². The maximum atomic E-state index is 12.6. The average Bonchev–Trinajstić information content (AvgIpc) is 2.23. The van der Waals surface area contributed by atoms with E-state index >= 15 is 0 Å². The Bertz CT molecular complexity index is 412. The lowest BCUT2D eigenvalue weighted by Crippen LogP contribution is -2.14. The average molecular weight is 333 g/mol. The van der Waals surface area contributed by atoms with Gasteiger partial charge < -0.3 is 0 Å². The second kappa shape index (κ2) is 5.34. The summed E-state index contributed by atoms with van der Waals surface area (Å²) in [6, 6.07) is 2.00. The van der Waals surface area contributed by atoms with Crippen molar-refractivity contribution in [3.8, 4) is 0 Å². The normalized spacial score (nSPS) is 13.3. The van der Waals surface area contributed by atoms with Gasteiger partial charge in [-0.2, -0.15) is 26.3 Å². The highest BCUT2D eigenvalue weighted by molar-refractivity contribution is 9.09. The summed E-state index contributed by atoms with van der Waals surface area (Å²) < 4.78 is 75.8. The minimum atomic E-state index is -4.83. The third kappa shape index (κ3) is 3.51. The quantitative estimate of drug-likeness (QED) is 0.520. The summed E-state index contributed by atoms with van der Waals surface area (Å²) in [4.78, 5) is 0. The molecule has 0 radical (unpaired) electrons. The van der Waals surface area contributed by atoms with E-state index in [4.69, 9.17) is 0 Å². The zero-order valence-electron chi connectivity index (χ0n) is 8.74. The first-order valence-corrected chi connectivity index (χ1v) is 5.80. The van der Waals surface area contributed by atoms with Crippen LogP contribution in [0.4, 0.5) is 26.3 Å². The molecule has 7 heteroatoms. The SMILES string of the molecule is FC(F)(F)c1cccc(C(F)(F)F)c1C=CCBr. The van der Waals surface area contributed by atoms with E-state index < -0.39 is 29.0 Å². The molecule has 0 aliphatic heterocycles. The maximum Gasteiger partial charge on any atom is 0.417 e.